The Kier molecular flexibility index (Phi) is 4.54. The molecule has 0 saturated carbocycles. The minimum absolute atomic E-state index is 0.0382. The van der Waals surface area contributed by atoms with E-state index in [0.717, 1.165) is 16.6 Å². The number of aromatic nitrogens is 2. The molecular weight excluding hydrogens is 370 g/mol. The van der Waals surface area contributed by atoms with Gasteiger partial charge in [-0.2, -0.15) is 5.26 Å². The Bertz CT molecular complexity index is 937. The first-order chi connectivity index (χ1) is 11.6. The zero-order valence-corrected chi connectivity index (χ0v) is 14.5. The molecule has 0 aliphatic rings. The van der Waals surface area contributed by atoms with Crippen molar-refractivity contribution in [2.45, 2.75) is 6.92 Å². The van der Waals surface area contributed by atoms with E-state index >= 15 is 0 Å². The number of H-pyrrole nitrogens is 1. The number of ether oxygens (including phenoxy) is 1. The Labute approximate surface area is 147 Å². The smallest absolute Gasteiger partial charge is 0.172 e. The predicted molar refractivity (Wildman–Crippen MR) is 96.6 cm³/mol. The van der Waals surface area contributed by atoms with Gasteiger partial charge in [0.05, 0.1) is 27.7 Å². The number of aromatic hydroxyl groups is 1. The van der Waals surface area contributed by atoms with Gasteiger partial charge in [0.2, 0.25) is 0 Å². The Morgan fingerprint density at radius 3 is 2.92 bits per heavy atom. The zero-order chi connectivity index (χ0) is 17.1. The molecule has 0 radical (unpaired) electrons. The third-order valence-electron chi connectivity index (χ3n) is 3.43. The summed E-state index contributed by atoms with van der Waals surface area (Å²) in [7, 11) is 0. The van der Waals surface area contributed by atoms with E-state index in [2.05, 4.69) is 32.0 Å². The van der Waals surface area contributed by atoms with Gasteiger partial charge >= 0.3 is 0 Å². The lowest BCUT2D eigenvalue weighted by atomic mass is 10.1. The van der Waals surface area contributed by atoms with Crippen LogP contribution in [0.5, 0.6) is 11.5 Å². The van der Waals surface area contributed by atoms with Crippen molar-refractivity contribution in [1.29, 1.82) is 5.26 Å². The Balaban J connectivity index is 2.06. The largest absolute Gasteiger partial charge is 0.503 e. The fourth-order valence-corrected chi connectivity index (χ4v) is 2.80. The first-order valence-corrected chi connectivity index (χ1v) is 8.14. The maximum Gasteiger partial charge on any atom is 0.172 e. The molecule has 3 rings (SSSR count). The number of halogens is 1. The van der Waals surface area contributed by atoms with Crippen LogP contribution in [0.1, 0.15) is 18.3 Å². The highest BCUT2D eigenvalue weighted by Crippen LogP contribution is 2.36. The summed E-state index contributed by atoms with van der Waals surface area (Å²) in [5.41, 5.74) is 2.79. The second-order valence-electron chi connectivity index (χ2n) is 5.05. The predicted octanol–water partition coefficient (Wildman–Crippen LogP) is 4.49. The van der Waals surface area contributed by atoms with E-state index in [1.165, 1.54) is 0 Å². The molecule has 3 aromatic rings. The quantitative estimate of drug-likeness (QED) is 0.650. The van der Waals surface area contributed by atoms with Crippen molar-refractivity contribution in [3.8, 4) is 17.6 Å². The molecule has 120 valence electrons. The van der Waals surface area contributed by atoms with Crippen molar-refractivity contribution in [1.82, 2.24) is 9.97 Å². The van der Waals surface area contributed by atoms with Crippen LogP contribution in [0.15, 0.2) is 40.9 Å². The highest BCUT2D eigenvalue weighted by Gasteiger charge is 2.11. The van der Waals surface area contributed by atoms with E-state index in [1.807, 2.05) is 31.2 Å². The molecule has 0 unspecified atom stereocenters. The Morgan fingerprint density at radius 1 is 1.42 bits per heavy atom. The SMILES string of the molecule is CCOc1cc(/C=C(\C#N)c2nc3ccccc3[nH]2)cc(Br)c1O. The summed E-state index contributed by atoms with van der Waals surface area (Å²) in [6.45, 7) is 2.27. The van der Waals surface area contributed by atoms with Crippen LogP contribution < -0.4 is 4.74 Å². The summed E-state index contributed by atoms with van der Waals surface area (Å²) in [5, 5.41) is 19.5. The summed E-state index contributed by atoms with van der Waals surface area (Å²) < 4.78 is 5.91. The maximum atomic E-state index is 9.98. The van der Waals surface area contributed by atoms with Gasteiger partial charge in [-0.1, -0.05) is 12.1 Å². The van der Waals surface area contributed by atoms with Gasteiger partial charge < -0.3 is 14.8 Å². The van der Waals surface area contributed by atoms with Gasteiger partial charge in [-0.15, -0.1) is 0 Å². The lowest BCUT2D eigenvalue weighted by molar-refractivity contribution is 0.317. The normalized spacial score (nSPS) is 11.5. The summed E-state index contributed by atoms with van der Waals surface area (Å²) in [4.78, 5) is 7.58. The third-order valence-corrected chi connectivity index (χ3v) is 4.03. The van der Waals surface area contributed by atoms with E-state index < -0.39 is 0 Å². The van der Waals surface area contributed by atoms with Gasteiger partial charge in [-0.05, 0) is 58.8 Å². The van der Waals surface area contributed by atoms with Gasteiger partial charge in [0, 0.05) is 0 Å². The van der Waals surface area contributed by atoms with Gasteiger partial charge in [-0.25, -0.2) is 4.98 Å². The number of allylic oxidation sites excluding steroid dienone is 1. The van der Waals surface area contributed by atoms with E-state index in [4.69, 9.17) is 4.74 Å². The molecule has 0 amide bonds. The molecular formula is C18H14BrN3O2. The fraction of sp³-hybridized carbons (Fsp3) is 0.111. The number of nitrogens with one attached hydrogen (secondary N) is 1. The first-order valence-electron chi connectivity index (χ1n) is 7.34. The van der Waals surface area contributed by atoms with Crippen molar-refractivity contribution >= 4 is 38.6 Å². The molecule has 0 aliphatic carbocycles. The van der Waals surface area contributed by atoms with E-state index in [-0.39, 0.29) is 5.75 Å². The zero-order valence-electron chi connectivity index (χ0n) is 12.9. The van der Waals surface area contributed by atoms with Gasteiger partial charge in [-0.3, -0.25) is 0 Å². The van der Waals surface area contributed by atoms with Crippen LogP contribution in [0.25, 0.3) is 22.7 Å². The highest BCUT2D eigenvalue weighted by atomic mass is 79.9. The van der Waals surface area contributed by atoms with Crippen molar-refractivity contribution in [2.75, 3.05) is 6.61 Å². The Hall–Kier alpha value is -2.78. The number of phenolic OH excluding ortho intramolecular Hbond substituents is 1. The van der Waals surface area contributed by atoms with Crippen molar-refractivity contribution in [3.05, 3.63) is 52.3 Å². The molecule has 0 atom stereocenters. The molecule has 24 heavy (non-hydrogen) atoms. The molecule has 2 aromatic carbocycles. The lowest BCUT2D eigenvalue weighted by Crippen LogP contribution is -1.93. The molecule has 1 aromatic heterocycles. The second kappa shape index (κ2) is 6.77. The number of nitriles is 1. The van der Waals surface area contributed by atoms with Crippen LogP contribution in [0.2, 0.25) is 0 Å². The molecule has 1 heterocycles. The molecule has 0 bridgehead atoms. The minimum atomic E-state index is 0.0382. The Morgan fingerprint density at radius 2 is 2.21 bits per heavy atom. The summed E-state index contributed by atoms with van der Waals surface area (Å²) in [6, 6.07) is 13.2. The number of aromatic amines is 1. The summed E-state index contributed by atoms with van der Waals surface area (Å²) >= 11 is 3.30. The lowest BCUT2D eigenvalue weighted by Gasteiger charge is -2.08. The number of fused-ring (bicyclic) bond motifs is 1. The topological polar surface area (TPSA) is 81.9 Å². The highest BCUT2D eigenvalue weighted by molar-refractivity contribution is 9.10. The number of phenols is 1. The minimum Gasteiger partial charge on any atom is -0.503 e. The average Bonchev–Trinajstić information content (AvgIpc) is 3.01. The maximum absolute atomic E-state index is 9.98. The standard InChI is InChI=1S/C18H14BrN3O2/c1-2-24-16-9-11(8-13(19)17(16)23)7-12(10-20)18-21-14-5-3-4-6-15(14)22-18/h3-9,23H,2H2,1H3,(H,21,22)/b12-7+. The first kappa shape index (κ1) is 16.1. The molecule has 2 N–H and O–H groups in total. The molecule has 0 spiro atoms. The molecule has 6 heteroatoms. The average molecular weight is 384 g/mol. The number of imidazole rings is 1. The van der Waals surface area contributed by atoms with Gasteiger partial charge in [0.1, 0.15) is 11.9 Å². The van der Waals surface area contributed by atoms with Crippen LogP contribution >= 0.6 is 15.9 Å². The fourth-order valence-electron chi connectivity index (χ4n) is 2.34. The van der Waals surface area contributed by atoms with E-state index in [0.29, 0.717) is 28.2 Å². The summed E-state index contributed by atoms with van der Waals surface area (Å²) in [6.07, 6.45) is 1.70. The third kappa shape index (κ3) is 3.12. The van der Waals surface area contributed by atoms with Crippen molar-refractivity contribution in [2.24, 2.45) is 0 Å². The second-order valence-corrected chi connectivity index (χ2v) is 5.91. The number of benzene rings is 2. The van der Waals surface area contributed by atoms with Gasteiger partial charge in [0.15, 0.2) is 11.5 Å². The summed E-state index contributed by atoms with van der Waals surface area (Å²) in [5.74, 6) is 0.900. The van der Waals surface area contributed by atoms with Crippen LogP contribution in [-0.4, -0.2) is 21.7 Å². The van der Waals surface area contributed by atoms with Crippen molar-refractivity contribution in [3.63, 3.8) is 0 Å². The molecule has 0 aliphatic heterocycles. The van der Waals surface area contributed by atoms with Gasteiger partial charge in [0.25, 0.3) is 0 Å². The van der Waals surface area contributed by atoms with Crippen LogP contribution in [0.3, 0.4) is 0 Å². The number of hydrogen-bond donors (Lipinski definition) is 2. The molecule has 0 fully saturated rings. The van der Waals surface area contributed by atoms with Crippen LogP contribution in [0.4, 0.5) is 0 Å². The molecule has 0 saturated heterocycles. The number of nitrogens with zero attached hydrogens (tertiary/aromatic N) is 2. The van der Waals surface area contributed by atoms with Crippen LogP contribution in [0, 0.1) is 11.3 Å². The number of para-hydroxylation sites is 2. The number of hydrogen-bond acceptors (Lipinski definition) is 4. The monoisotopic (exact) mass is 383 g/mol. The number of rotatable bonds is 4. The molecule has 5 nitrogen and oxygen atoms in total. The van der Waals surface area contributed by atoms with Crippen LogP contribution in [-0.2, 0) is 0 Å². The van der Waals surface area contributed by atoms with Crippen molar-refractivity contribution < 1.29 is 9.84 Å². The van der Waals surface area contributed by atoms with E-state index in [1.54, 1.807) is 18.2 Å². The van der Waals surface area contributed by atoms with E-state index in [9.17, 15) is 10.4 Å².